The van der Waals surface area contributed by atoms with E-state index in [4.69, 9.17) is 9.47 Å². The van der Waals surface area contributed by atoms with Crippen molar-refractivity contribution in [3.8, 4) is 0 Å². The fourth-order valence-corrected chi connectivity index (χ4v) is 10.8. The molecule has 0 aromatic carbocycles. The van der Waals surface area contributed by atoms with Crippen molar-refractivity contribution in [2.24, 2.45) is 34.5 Å². The quantitative estimate of drug-likeness (QED) is 0.357. The summed E-state index contributed by atoms with van der Waals surface area (Å²) in [6, 6.07) is 0. The Morgan fingerprint density at radius 3 is 2.49 bits per heavy atom. The molecule has 1 saturated heterocycles. The maximum Gasteiger partial charge on any atom is 0.334 e. The zero-order valence-corrected chi connectivity index (χ0v) is 21.1. The number of esters is 1. The number of carbonyl (C=O) groups is 2. The molecule has 5 aliphatic carbocycles. The summed E-state index contributed by atoms with van der Waals surface area (Å²) in [6.45, 7) is 9.18. The molecule has 7 aliphatic rings. The molecule has 12 atom stereocenters. The van der Waals surface area contributed by atoms with Gasteiger partial charge in [0.2, 0.25) is 0 Å². The van der Waals surface area contributed by atoms with Gasteiger partial charge in [-0.1, -0.05) is 19.9 Å². The van der Waals surface area contributed by atoms with Crippen LogP contribution >= 0.6 is 0 Å². The SMILES string of the molecule is CC1=C(C)[C@]2(OC1=O)[C@H](O)[C@@H](C)[C@]1(O)CC[C@H]3[C@@H]4C[C@H]5O[C@]56CC=CC(=O)[C@]6(C)[C@H]4C[C@@]2(O)[C@@]31C. The van der Waals surface area contributed by atoms with E-state index in [2.05, 4.69) is 0 Å². The molecule has 5 fully saturated rings. The lowest BCUT2D eigenvalue weighted by molar-refractivity contribution is -0.358. The van der Waals surface area contributed by atoms with Crippen LogP contribution in [0.2, 0.25) is 0 Å². The third kappa shape index (κ3) is 1.88. The maximum absolute atomic E-state index is 13.6. The first-order chi connectivity index (χ1) is 16.3. The molecule has 0 unspecified atom stereocenters. The first kappa shape index (κ1) is 22.6. The zero-order valence-electron chi connectivity index (χ0n) is 21.1. The molecule has 0 aromatic heterocycles. The van der Waals surface area contributed by atoms with E-state index in [-0.39, 0.29) is 36.1 Å². The molecule has 190 valence electrons. The minimum atomic E-state index is -1.76. The van der Waals surface area contributed by atoms with Crippen LogP contribution in [0.1, 0.15) is 66.7 Å². The summed E-state index contributed by atoms with van der Waals surface area (Å²) in [5.41, 5.74) is -6.25. The highest BCUT2D eigenvalue weighted by Gasteiger charge is 2.88. The summed E-state index contributed by atoms with van der Waals surface area (Å²) in [5.74, 6) is -1.38. The van der Waals surface area contributed by atoms with Gasteiger partial charge in [0.1, 0.15) is 17.3 Å². The van der Waals surface area contributed by atoms with Crippen molar-refractivity contribution >= 4 is 11.8 Å². The van der Waals surface area contributed by atoms with Gasteiger partial charge >= 0.3 is 5.97 Å². The molecule has 3 N–H and O–H groups in total. The third-order valence-corrected chi connectivity index (χ3v) is 12.9. The first-order valence-corrected chi connectivity index (χ1v) is 13.2. The summed E-state index contributed by atoms with van der Waals surface area (Å²) in [4.78, 5) is 26.5. The Hall–Kier alpha value is -1.54. The third-order valence-electron chi connectivity index (χ3n) is 12.9. The minimum Gasteiger partial charge on any atom is -0.445 e. The summed E-state index contributed by atoms with van der Waals surface area (Å²) in [7, 11) is 0. The van der Waals surface area contributed by atoms with Crippen LogP contribution in [-0.4, -0.2) is 61.7 Å². The summed E-state index contributed by atoms with van der Waals surface area (Å²) in [5, 5.41) is 37.1. The molecule has 0 radical (unpaired) electrons. The Labute approximate surface area is 205 Å². The highest BCUT2D eigenvalue weighted by atomic mass is 16.6. The van der Waals surface area contributed by atoms with Gasteiger partial charge in [-0.15, -0.1) is 0 Å². The number of ketones is 1. The van der Waals surface area contributed by atoms with Gasteiger partial charge < -0.3 is 24.8 Å². The molecule has 7 heteroatoms. The smallest absolute Gasteiger partial charge is 0.334 e. The van der Waals surface area contributed by atoms with Gasteiger partial charge in [-0.2, -0.15) is 0 Å². The zero-order chi connectivity index (χ0) is 25.1. The molecule has 7 nitrogen and oxygen atoms in total. The largest absolute Gasteiger partial charge is 0.445 e. The highest BCUT2D eigenvalue weighted by Crippen LogP contribution is 2.79. The van der Waals surface area contributed by atoms with E-state index in [1.54, 1.807) is 19.9 Å². The van der Waals surface area contributed by atoms with Crippen LogP contribution in [0.3, 0.4) is 0 Å². The van der Waals surface area contributed by atoms with Gasteiger partial charge in [0.05, 0.1) is 17.1 Å². The van der Waals surface area contributed by atoms with E-state index in [9.17, 15) is 24.9 Å². The Morgan fingerprint density at radius 2 is 1.83 bits per heavy atom. The summed E-state index contributed by atoms with van der Waals surface area (Å²) in [6.07, 6.45) is 5.04. The van der Waals surface area contributed by atoms with Crippen molar-refractivity contribution in [1.29, 1.82) is 0 Å². The van der Waals surface area contributed by atoms with Crippen LogP contribution in [0.4, 0.5) is 0 Å². The number of allylic oxidation sites excluding steroid dienone is 1. The Morgan fingerprint density at radius 1 is 1.11 bits per heavy atom. The van der Waals surface area contributed by atoms with Crippen LogP contribution in [0.25, 0.3) is 0 Å². The molecular formula is C28H36O7. The number of aliphatic hydroxyl groups is 3. The number of fused-ring (bicyclic) bond motifs is 4. The van der Waals surface area contributed by atoms with Crippen molar-refractivity contribution in [3.05, 3.63) is 23.3 Å². The number of carbonyl (C=O) groups excluding carboxylic acids is 2. The monoisotopic (exact) mass is 484 g/mol. The standard InChI is InChI=1S/C28H36O7/c1-13-14(2)28(35-22(13)31)21(30)15(3)25(32)10-8-17-16-11-20-26(34-20)9-6-7-19(29)23(26,4)18(16)12-27(28,33)24(17,25)5/h6-7,15-18,20-21,30,32-33H,8-12H2,1-5H3/t15-,16+,17+,18+,20-,21-,23+,24+,25-,26-,27-,28+/m1/s1. The molecule has 4 saturated carbocycles. The number of ether oxygens (including phenoxy) is 2. The second-order valence-electron chi connectivity index (χ2n) is 13.1. The fourth-order valence-electron chi connectivity index (χ4n) is 10.8. The van der Waals surface area contributed by atoms with Crippen LogP contribution in [0.5, 0.6) is 0 Å². The van der Waals surface area contributed by atoms with Crippen LogP contribution in [0, 0.1) is 34.5 Å². The lowest BCUT2D eigenvalue weighted by Gasteiger charge is -2.72. The van der Waals surface area contributed by atoms with Gasteiger partial charge in [0.15, 0.2) is 11.4 Å². The van der Waals surface area contributed by atoms with E-state index in [1.807, 2.05) is 26.8 Å². The molecule has 0 bridgehead atoms. The van der Waals surface area contributed by atoms with Crippen molar-refractivity contribution in [2.45, 2.75) is 101 Å². The lowest BCUT2D eigenvalue weighted by Crippen LogP contribution is -2.84. The first-order valence-electron chi connectivity index (χ1n) is 13.2. The predicted octanol–water partition coefficient (Wildman–Crippen LogP) is 2.22. The Kier molecular flexibility index (Phi) is 3.85. The molecule has 2 spiro atoms. The minimum absolute atomic E-state index is 0.000107. The van der Waals surface area contributed by atoms with E-state index >= 15 is 0 Å². The average molecular weight is 485 g/mol. The van der Waals surface area contributed by atoms with Crippen molar-refractivity contribution in [1.82, 2.24) is 0 Å². The number of epoxide rings is 1. The molecule has 2 heterocycles. The molecule has 35 heavy (non-hydrogen) atoms. The molecule has 0 aromatic rings. The van der Waals surface area contributed by atoms with Crippen LogP contribution in [-0.2, 0) is 19.1 Å². The van der Waals surface area contributed by atoms with Crippen LogP contribution in [0.15, 0.2) is 23.3 Å². The van der Waals surface area contributed by atoms with Gasteiger partial charge in [-0.25, -0.2) is 4.79 Å². The van der Waals surface area contributed by atoms with Crippen molar-refractivity contribution in [2.75, 3.05) is 0 Å². The van der Waals surface area contributed by atoms with Crippen molar-refractivity contribution in [3.63, 3.8) is 0 Å². The fraction of sp³-hybridized carbons (Fsp3) is 0.786. The molecule has 7 rings (SSSR count). The van der Waals surface area contributed by atoms with E-state index in [1.165, 1.54) is 0 Å². The van der Waals surface area contributed by atoms with E-state index in [0.717, 1.165) is 6.42 Å². The van der Waals surface area contributed by atoms with Gasteiger partial charge in [-0.05, 0) is 82.3 Å². The van der Waals surface area contributed by atoms with E-state index in [0.29, 0.717) is 30.4 Å². The topological polar surface area (TPSA) is 117 Å². The Balaban J connectivity index is 1.49. The predicted molar refractivity (Wildman–Crippen MR) is 124 cm³/mol. The number of rotatable bonds is 0. The lowest BCUT2D eigenvalue weighted by atomic mass is 9.35. The molecular weight excluding hydrogens is 448 g/mol. The van der Waals surface area contributed by atoms with Crippen molar-refractivity contribution < 1.29 is 34.4 Å². The average Bonchev–Trinajstić information content (AvgIpc) is 3.38. The van der Waals surface area contributed by atoms with Crippen LogP contribution < -0.4 is 0 Å². The van der Waals surface area contributed by atoms with Gasteiger partial charge in [0.25, 0.3) is 0 Å². The Bertz CT molecular complexity index is 1160. The second-order valence-corrected chi connectivity index (χ2v) is 13.1. The molecule has 2 aliphatic heterocycles. The van der Waals surface area contributed by atoms with Gasteiger partial charge in [0, 0.05) is 16.9 Å². The van der Waals surface area contributed by atoms with E-state index < -0.39 is 51.2 Å². The summed E-state index contributed by atoms with van der Waals surface area (Å²) >= 11 is 0. The maximum atomic E-state index is 13.6. The molecule has 0 amide bonds. The summed E-state index contributed by atoms with van der Waals surface area (Å²) < 4.78 is 12.4. The van der Waals surface area contributed by atoms with Gasteiger partial charge in [-0.3, -0.25) is 4.79 Å². The number of aliphatic hydroxyl groups excluding tert-OH is 1. The number of hydrogen-bond acceptors (Lipinski definition) is 7. The number of hydrogen-bond donors (Lipinski definition) is 3. The second kappa shape index (κ2) is 5.95. The normalized spacial score (nSPS) is 61.8. The highest BCUT2D eigenvalue weighted by molar-refractivity contribution is 5.98.